The Morgan fingerprint density at radius 1 is 1.18 bits per heavy atom. The van der Waals surface area contributed by atoms with Crippen LogP contribution in [0.15, 0.2) is 66.9 Å². The van der Waals surface area contributed by atoms with E-state index < -0.39 is 0 Å². The Hall–Kier alpha value is -4.18. The van der Waals surface area contributed by atoms with Crippen LogP contribution in [0.3, 0.4) is 0 Å². The zero-order valence-corrected chi connectivity index (χ0v) is 14.7. The van der Waals surface area contributed by atoms with E-state index in [1.165, 1.54) is 6.07 Å². The summed E-state index contributed by atoms with van der Waals surface area (Å²) >= 11 is 0. The number of H-pyrrole nitrogens is 1. The smallest absolute Gasteiger partial charge is 0.274 e. The lowest BCUT2D eigenvalue weighted by atomic mass is 10.1. The number of nitriles is 1. The second-order valence-electron chi connectivity index (χ2n) is 6.22. The van der Waals surface area contributed by atoms with E-state index in [4.69, 9.17) is 0 Å². The van der Waals surface area contributed by atoms with Gasteiger partial charge in [-0.1, -0.05) is 30.3 Å². The van der Waals surface area contributed by atoms with Crippen LogP contribution in [0, 0.1) is 21.4 Å². The SMILES string of the molecule is N#CC(=Cc1cccn1Cc1ccccc1[N+](=O)[O-])c1nc2ccccc2[nH]1. The Morgan fingerprint density at radius 3 is 2.75 bits per heavy atom. The van der Waals surface area contributed by atoms with Crippen molar-refractivity contribution in [2.75, 3.05) is 0 Å². The summed E-state index contributed by atoms with van der Waals surface area (Å²) in [5, 5.41) is 20.9. The summed E-state index contributed by atoms with van der Waals surface area (Å²) < 4.78 is 1.86. The number of nitrogens with one attached hydrogen (secondary N) is 1. The highest BCUT2D eigenvalue weighted by Gasteiger charge is 2.14. The van der Waals surface area contributed by atoms with Crippen molar-refractivity contribution < 1.29 is 4.92 Å². The lowest BCUT2D eigenvalue weighted by molar-refractivity contribution is -0.385. The molecule has 0 aliphatic carbocycles. The Labute approximate surface area is 160 Å². The fourth-order valence-corrected chi connectivity index (χ4v) is 3.09. The van der Waals surface area contributed by atoms with Gasteiger partial charge in [0.2, 0.25) is 0 Å². The van der Waals surface area contributed by atoms with Gasteiger partial charge in [-0.15, -0.1) is 0 Å². The minimum atomic E-state index is -0.385. The minimum absolute atomic E-state index is 0.0731. The van der Waals surface area contributed by atoms with Crippen LogP contribution in [0.4, 0.5) is 5.69 Å². The summed E-state index contributed by atoms with van der Waals surface area (Å²) in [5.41, 5.74) is 3.46. The first-order valence-electron chi connectivity index (χ1n) is 8.60. The van der Waals surface area contributed by atoms with Gasteiger partial charge in [0.25, 0.3) is 5.69 Å². The number of benzene rings is 2. The standard InChI is InChI=1S/C21H15N5O2/c22-13-16(21-23-18-8-2-3-9-19(18)24-21)12-17-7-5-11-25(17)14-15-6-1-4-10-20(15)26(27)28/h1-12H,14H2,(H,23,24). The van der Waals surface area contributed by atoms with Crippen molar-refractivity contribution >= 4 is 28.4 Å². The molecule has 0 aliphatic rings. The van der Waals surface area contributed by atoms with Crippen molar-refractivity contribution in [2.24, 2.45) is 0 Å². The highest BCUT2D eigenvalue weighted by Crippen LogP contribution is 2.22. The maximum atomic E-state index is 11.3. The third-order valence-corrected chi connectivity index (χ3v) is 4.45. The molecule has 0 amide bonds. The van der Waals surface area contributed by atoms with Crippen LogP contribution in [0.25, 0.3) is 22.7 Å². The Bertz CT molecular complexity index is 1210. The van der Waals surface area contributed by atoms with Crippen LogP contribution in [-0.2, 0) is 6.54 Å². The van der Waals surface area contributed by atoms with E-state index in [0.717, 1.165) is 16.7 Å². The summed E-state index contributed by atoms with van der Waals surface area (Å²) in [6.07, 6.45) is 3.56. The zero-order chi connectivity index (χ0) is 19.5. The Kier molecular flexibility index (Phi) is 4.44. The Balaban J connectivity index is 1.70. The van der Waals surface area contributed by atoms with Crippen molar-refractivity contribution in [3.05, 3.63) is 94.1 Å². The number of nitro groups is 1. The quantitative estimate of drug-likeness (QED) is 0.320. The number of nitrogens with zero attached hydrogens (tertiary/aromatic N) is 4. The number of rotatable bonds is 5. The lowest BCUT2D eigenvalue weighted by Gasteiger charge is -2.07. The van der Waals surface area contributed by atoms with Gasteiger partial charge in [-0.2, -0.15) is 5.26 Å². The molecule has 0 radical (unpaired) electrons. The zero-order valence-electron chi connectivity index (χ0n) is 14.7. The van der Waals surface area contributed by atoms with Crippen LogP contribution in [0.5, 0.6) is 0 Å². The average molecular weight is 369 g/mol. The molecule has 7 heteroatoms. The number of nitro benzene ring substituents is 1. The van der Waals surface area contributed by atoms with Gasteiger partial charge in [0.15, 0.2) is 0 Å². The van der Waals surface area contributed by atoms with E-state index in [2.05, 4.69) is 16.0 Å². The summed E-state index contributed by atoms with van der Waals surface area (Å²) in [7, 11) is 0. The molecular formula is C21H15N5O2. The third-order valence-electron chi connectivity index (χ3n) is 4.45. The van der Waals surface area contributed by atoms with Gasteiger partial charge in [-0.3, -0.25) is 10.1 Å². The van der Waals surface area contributed by atoms with Gasteiger partial charge in [0, 0.05) is 23.5 Å². The summed E-state index contributed by atoms with van der Waals surface area (Å²) in [5.74, 6) is 0.488. The number of imidazole rings is 1. The van der Waals surface area contributed by atoms with Crippen molar-refractivity contribution in [2.45, 2.75) is 6.54 Å². The van der Waals surface area contributed by atoms with E-state index in [-0.39, 0.29) is 10.6 Å². The van der Waals surface area contributed by atoms with Crippen molar-refractivity contribution in [1.29, 1.82) is 5.26 Å². The number of fused-ring (bicyclic) bond motifs is 1. The van der Waals surface area contributed by atoms with Gasteiger partial charge in [-0.05, 0) is 30.3 Å². The highest BCUT2D eigenvalue weighted by molar-refractivity contribution is 5.89. The molecule has 0 bridgehead atoms. The molecule has 28 heavy (non-hydrogen) atoms. The molecule has 0 aliphatic heterocycles. The van der Waals surface area contributed by atoms with Gasteiger partial charge < -0.3 is 9.55 Å². The molecule has 0 unspecified atom stereocenters. The monoisotopic (exact) mass is 369 g/mol. The largest absolute Gasteiger partial charge is 0.343 e. The number of allylic oxidation sites excluding steroid dienone is 1. The Morgan fingerprint density at radius 2 is 1.96 bits per heavy atom. The average Bonchev–Trinajstić information content (AvgIpc) is 3.32. The molecule has 0 saturated carbocycles. The van der Waals surface area contributed by atoms with E-state index in [9.17, 15) is 15.4 Å². The van der Waals surface area contributed by atoms with Gasteiger partial charge in [0.1, 0.15) is 11.9 Å². The molecule has 4 rings (SSSR count). The molecule has 0 saturated heterocycles. The first kappa shape index (κ1) is 17.2. The van der Waals surface area contributed by atoms with Crippen molar-refractivity contribution in [3.8, 4) is 6.07 Å². The van der Waals surface area contributed by atoms with E-state index in [1.807, 2.05) is 47.2 Å². The van der Waals surface area contributed by atoms with Crippen LogP contribution >= 0.6 is 0 Å². The predicted molar refractivity (Wildman–Crippen MR) is 106 cm³/mol. The molecule has 0 fully saturated rings. The van der Waals surface area contributed by atoms with Crippen molar-refractivity contribution in [3.63, 3.8) is 0 Å². The number of hydrogen-bond acceptors (Lipinski definition) is 4. The number of aromatic nitrogens is 3. The molecule has 2 heterocycles. The first-order valence-corrected chi connectivity index (χ1v) is 8.60. The number of para-hydroxylation sites is 3. The molecule has 0 spiro atoms. The lowest BCUT2D eigenvalue weighted by Crippen LogP contribution is -2.03. The van der Waals surface area contributed by atoms with Crippen molar-refractivity contribution in [1.82, 2.24) is 14.5 Å². The van der Waals surface area contributed by atoms with Crippen LogP contribution in [-0.4, -0.2) is 19.5 Å². The maximum Gasteiger partial charge on any atom is 0.274 e. The highest BCUT2D eigenvalue weighted by atomic mass is 16.6. The number of hydrogen-bond donors (Lipinski definition) is 1. The normalized spacial score (nSPS) is 11.5. The van der Waals surface area contributed by atoms with E-state index >= 15 is 0 Å². The molecule has 1 N–H and O–H groups in total. The topological polar surface area (TPSA) is 101 Å². The molecular weight excluding hydrogens is 354 g/mol. The summed E-state index contributed by atoms with van der Waals surface area (Å²) in [6.45, 7) is 0.328. The fraction of sp³-hybridized carbons (Fsp3) is 0.0476. The fourth-order valence-electron chi connectivity index (χ4n) is 3.09. The minimum Gasteiger partial charge on any atom is -0.343 e. The van der Waals surface area contributed by atoms with Crippen LogP contribution in [0.1, 0.15) is 17.1 Å². The molecule has 4 aromatic rings. The molecule has 2 aromatic heterocycles. The van der Waals surface area contributed by atoms with E-state index in [1.54, 1.807) is 24.3 Å². The third kappa shape index (κ3) is 3.27. The predicted octanol–water partition coefficient (Wildman–Crippen LogP) is 4.39. The molecule has 2 aromatic carbocycles. The molecule has 136 valence electrons. The summed E-state index contributed by atoms with van der Waals surface area (Å²) in [6, 6.07) is 20.1. The van der Waals surface area contributed by atoms with Gasteiger partial charge in [0.05, 0.1) is 28.1 Å². The van der Waals surface area contributed by atoms with Gasteiger partial charge in [-0.25, -0.2) is 4.98 Å². The molecule has 7 nitrogen and oxygen atoms in total. The number of aromatic amines is 1. The maximum absolute atomic E-state index is 11.3. The van der Waals surface area contributed by atoms with E-state index in [0.29, 0.717) is 23.5 Å². The first-order chi connectivity index (χ1) is 13.7. The second kappa shape index (κ2) is 7.21. The second-order valence-corrected chi connectivity index (χ2v) is 6.22. The van der Waals surface area contributed by atoms with Crippen LogP contribution < -0.4 is 0 Å². The molecule has 0 atom stereocenters. The van der Waals surface area contributed by atoms with Gasteiger partial charge >= 0.3 is 0 Å². The van der Waals surface area contributed by atoms with Crippen LogP contribution in [0.2, 0.25) is 0 Å². The summed E-state index contributed by atoms with van der Waals surface area (Å²) in [4.78, 5) is 18.5.